The Labute approximate surface area is 159 Å². The predicted molar refractivity (Wildman–Crippen MR) is 104 cm³/mol. The van der Waals surface area contributed by atoms with Crippen LogP contribution in [0.25, 0.3) is 5.57 Å². The molecule has 2 aromatic rings. The van der Waals surface area contributed by atoms with Crippen molar-refractivity contribution in [1.82, 2.24) is 14.9 Å². The van der Waals surface area contributed by atoms with Crippen LogP contribution in [0.3, 0.4) is 0 Å². The normalized spacial score (nSPS) is 22.3. The van der Waals surface area contributed by atoms with Crippen molar-refractivity contribution in [1.29, 1.82) is 0 Å². The molecule has 2 aliphatic rings. The van der Waals surface area contributed by atoms with Crippen LogP contribution in [0.1, 0.15) is 25.1 Å². The molecule has 0 bridgehead atoms. The molecule has 0 N–H and O–H groups in total. The molecule has 2 heterocycles. The summed E-state index contributed by atoms with van der Waals surface area (Å²) < 4.78 is 6.03. The van der Waals surface area contributed by atoms with Gasteiger partial charge in [0.2, 0.25) is 0 Å². The minimum absolute atomic E-state index is 0.492. The average Bonchev–Trinajstić information content (AvgIpc) is 3.17. The van der Waals surface area contributed by atoms with Gasteiger partial charge in [0.05, 0.1) is 6.61 Å². The first-order chi connectivity index (χ1) is 12.8. The molecular weight excluding hydrogens is 346 g/mol. The summed E-state index contributed by atoms with van der Waals surface area (Å²) in [5, 5.41) is 0.733. The van der Waals surface area contributed by atoms with Gasteiger partial charge in [-0.1, -0.05) is 24.1 Å². The number of nitrogens with zero attached hydrogens (tertiary/aromatic N) is 3. The fourth-order valence-corrected chi connectivity index (χ4v) is 3.92. The molecule has 0 unspecified atom stereocenters. The zero-order chi connectivity index (χ0) is 17.8. The maximum Gasteiger partial charge on any atom is 0.156 e. The molecule has 1 fully saturated rings. The van der Waals surface area contributed by atoms with E-state index in [9.17, 15) is 0 Å². The van der Waals surface area contributed by atoms with E-state index in [1.165, 1.54) is 19.3 Å². The van der Waals surface area contributed by atoms with Gasteiger partial charge in [0.1, 0.15) is 5.75 Å². The number of hydrogen-bond donors (Lipinski definition) is 0. The summed E-state index contributed by atoms with van der Waals surface area (Å²) in [5.41, 5.74) is 1.16. The van der Waals surface area contributed by atoms with Crippen LogP contribution in [0.4, 0.5) is 0 Å². The Morgan fingerprint density at radius 3 is 2.73 bits per heavy atom. The van der Waals surface area contributed by atoms with Gasteiger partial charge in [-0.2, -0.15) is 0 Å². The van der Waals surface area contributed by atoms with E-state index in [0.717, 1.165) is 35.3 Å². The molecule has 4 rings (SSSR count). The Morgan fingerprint density at radius 2 is 1.92 bits per heavy atom. The molecule has 1 aliphatic heterocycles. The summed E-state index contributed by atoms with van der Waals surface area (Å²) >= 11 is 5.94. The number of allylic oxidation sites excluding steroid dienone is 2. The van der Waals surface area contributed by atoms with Gasteiger partial charge in [0, 0.05) is 41.5 Å². The quantitative estimate of drug-likeness (QED) is 0.774. The Bertz CT molecular complexity index is 789. The zero-order valence-electron chi connectivity index (χ0n) is 14.6. The lowest BCUT2D eigenvalue weighted by molar-refractivity contribution is 0.173. The second-order valence-corrected chi connectivity index (χ2v) is 7.24. The zero-order valence-corrected chi connectivity index (χ0v) is 15.3. The van der Waals surface area contributed by atoms with Crippen LogP contribution in [-0.2, 0) is 0 Å². The third kappa shape index (κ3) is 3.91. The van der Waals surface area contributed by atoms with Crippen molar-refractivity contribution < 1.29 is 4.74 Å². The topological polar surface area (TPSA) is 38.2 Å². The van der Waals surface area contributed by atoms with Crippen LogP contribution in [0.15, 0.2) is 61.1 Å². The van der Waals surface area contributed by atoms with Crippen LogP contribution in [0, 0.1) is 5.92 Å². The number of halogens is 1. The predicted octanol–water partition coefficient (Wildman–Crippen LogP) is 4.59. The van der Waals surface area contributed by atoms with E-state index in [4.69, 9.17) is 16.3 Å². The fraction of sp³-hybridized carbons (Fsp3) is 0.333. The van der Waals surface area contributed by atoms with Crippen LogP contribution >= 0.6 is 11.6 Å². The van der Waals surface area contributed by atoms with E-state index in [-0.39, 0.29) is 0 Å². The molecule has 134 valence electrons. The van der Waals surface area contributed by atoms with Gasteiger partial charge in [0.25, 0.3) is 0 Å². The molecule has 5 heteroatoms. The molecular formula is C21H22ClN3O. The second-order valence-electron chi connectivity index (χ2n) is 6.80. The van der Waals surface area contributed by atoms with Crippen LogP contribution in [0.5, 0.6) is 5.75 Å². The highest BCUT2D eigenvalue weighted by Crippen LogP contribution is 2.33. The minimum Gasteiger partial charge on any atom is -0.493 e. The molecule has 1 aromatic carbocycles. The number of benzene rings is 1. The molecule has 0 amide bonds. The van der Waals surface area contributed by atoms with E-state index in [1.807, 2.05) is 30.3 Å². The molecule has 0 spiro atoms. The van der Waals surface area contributed by atoms with Gasteiger partial charge < -0.3 is 9.64 Å². The summed E-state index contributed by atoms with van der Waals surface area (Å²) in [5.74, 6) is 2.22. The first kappa shape index (κ1) is 17.1. The number of hydrogen-bond acceptors (Lipinski definition) is 4. The molecule has 0 saturated heterocycles. The van der Waals surface area contributed by atoms with Gasteiger partial charge in [-0.25, -0.2) is 9.97 Å². The molecule has 1 saturated carbocycles. The van der Waals surface area contributed by atoms with E-state index in [1.54, 1.807) is 12.4 Å². The highest BCUT2D eigenvalue weighted by Gasteiger charge is 2.32. The highest BCUT2D eigenvalue weighted by molar-refractivity contribution is 6.30. The summed E-state index contributed by atoms with van der Waals surface area (Å²) in [4.78, 5) is 11.2. The molecule has 4 nitrogen and oxygen atoms in total. The van der Waals surface area contributed by atoms with Crippen molar-refractivity contribution >= 4 is 17.2 Å². The number of rotatable bonds is 5. The summed E-state index contributed by atoms with van der Waals surface area (Å²) in [6.45, 7) is 1.58. The summed E-state index contributed by atoms with van der Waals surface area (Å²) in [6.07, 6.45) is 13.6. The summed E-state index contributed by atoms with van der Waals surface area (Å²) in [7, 11) is 0. The molecule has 26 heavy (non-hydrogen) atoms. The Hall–Kier alpha value is -2.33. The third-order valence-corrected chi connectivity index (χ3v) is 5.36. The largest absolute Gasteiger partial charge is 0.493 e. The van der Waals surface area contributed by atoms with Gasteiger partial charge >= 0.3 is 0 Å². The minimum atomic E-state index is 0.492. The lowest BCUT2D eigenvalue weighted by Gasteiger charge is -2.34. The average molecular weight is 368 g/mol. The van der Waals surface area contributed by atoms with Crippen LogP contribution < -0.4 is 4.74 Å². The van der Waals surface area contributed by atoms with Gasteiger partial charge in [0.15, 0.2) is 5.82 Å². The van der Waals surface area contributed by atoms with E-state index in [2.05, 4.69) is 33.2 Å². The van der Waals surface area contributed by atoms with Crippen LogP contribution in [-0.4, -0.2) is 34.1 Å². The first-order valence-electron chi connectivity index (χ1n) is 9.08. The lowest BCUT2D eigenvalue weighted by Crippen LogP contribution is -2.38. The third-order valence-electron chi connectivity index (χ3n) is 5.10. The van der Waals surface area contributed by atoms with Crippen molar-refractivity contribution in [3.63, 3.8) is 0 Å². The van der Waals surface area contributed by atoms with Crippen molar-refractivity contribution in [3.05, 3.63) is 71.9 Å². The summed E-state index contributed by atoms with van der Waals surface area (Å²) in [6, 6.07) is 9.94. The van der Waals surface area contributed by atoms with Gasteiger partial charge in [-0.05, 0) is 55.4 Å². The maximum absolute atomic E-state index is 6.03. The smallest absolute Gasteiger partial charge is 0.156 e. The molecule has 1 aliphatic carbocycles. The Kier molecular flexibility index (Phi) is 5.21. The lowest BCUT2D eigenvalue weighted by atomic mass is 10.0. The fourth-order valence-electron chi connectivity index (χ4n) is 3.79. The van der Waals surface area contributed by atoms with Crippen molar-refractivity contribution in [2.24, 2.45) is 5.92 Å². The van der Waals surface area contributed by atoms with E-state index < -0.39 is 0 Å². The van der Waals surface area contributed by atoms with Crippen molar-refractivity contribution in [2.75, 3.05) is 13.2 Å². The maximum atomic E-state index is 6.03. The number of aromatic nitrogens is 2. The Balaban J connectivity index is 1.39. The van der Waals surface area contributed by atoms with Crippen LogP contribution in [0.2, 0.25) is 5.02 Å². The Morgan fingerprint density at radius 1 is 1.12 bits per heavy atom. The van der Waals surface area contributed by atoms with Crippen molar-refractivity contribution in [2.45, 2.75) is 25.3 Å². The van der Waals surface area contributed by atoms with Crippen molar-refractivity contribution in [3.8, 4) is 5.75 Å². The molecule has 0 radical (unpaired) electrons. The first-order valence-corrected chi connectivity index (χ1v) is 9.46. The molecule has 2 atom stereocenters. The SMILES string of the molecule is Clc1ccc(OC[C@H]2CCC[C@@H]2N2C=CC=C(c3ncccn3)C2)cc1. The highest BCUT2D eigenvalue weighted by atomic mass is 35.5. The van der Waals surface area contributed by atoms with Gasteiger partial charge in [-0.15, -0.1) is 0 Å². The standard InChI is InChI=1S/C21H22ClN3O/c22-18-7-9-19(10-8-18)26-15-17-4-1-6-20(17)25-13-2-5-16(14-25)21-23-11-3-12-24-21/h2-3,5,7-13,17,20H,1,4,6,14-15H2/t17-,20+/m1/s1. The monoisotopic (exact) mass is 367 g/mol. The van der Waals surface area contributed by atoms with Gasteiger partial charge in [-0.3, -0.25) is 0 Å². The van der Waals surface area contributed by atoms with E-state index >= 15 is 0 Å². The van der Waals surface area contributed by atoms with E-state index in [0.29, 0.717) is 12.0 Å². The number of ether oxygens (including phenoxy) is 1. The second kappa shape index (κ2) is 7.92. The molecule has 1 aromatic heterocycles.